The van der Waals surface area contributed by atoms with E-state index in [4.69, 9.17) is 0 Å². The summed E-state index contributed by atoms with van der Waals surface area (Å²) in [5, 5.41) is 0. The maximum atomic E-state index is 14.4. The molecule has 0 spiro atoms. The lowest BCUT2D eigenvalue weighted by Gasteiger charge is -2.34. The highest BCUT2D eigenvalue weighted by molar-refractivity contribution is 6.09. The topological polar surface area (TPSA) is 37.4 Å². The zero-order chi connectivity index (χ0) is 23.9. The molecule has 2 aliphatic rings. The monoisotopic (exact) mass is 451 g/mol. The van der Waals surface area contributed by atoms with Gasteiger partial charge in [0.05, 0.1) is 12.0 Å². The number of nitrogens with zero attached hydrogens (tertiary/aromatic N) is 1. The molecule has 0 bridgehead atoms. The summed E-state index contributed by atoms with van der Waals surface area (Å²) in [6, 6.07) is 27.1. The first-order valence-corrected chi connectivity index (χ1v) is 12.4. The van der Waals surface area contributed by atoms with E-state index >= 15 is 0 Å². The largest absolute Gasteiger partial charge is 0.307 e. The van der Waals surface area contributed by atoms with Gasteiger partial charge in [-0.3, -0.25) is 9.59 Å². The van der Waals surface area contributed by atoms with Gasteiger partial charge in [-0.25, -0.2) is 0 Å². The summed E-state index contributed by atoms with van der Waals surface area (Å²) < 4.78 is 0. The number of hydrogen-bond donors (Lipinski definition) is 0. The van der Waals surface area contributed by atoms with Gasteiger partial charge in [-0.05, 0) is 52.5 Å². The van der Waals surface area contributed by atoms with Crippen LogP contribution in [-0.2, 0) is 33.4 Å². The normalized spacial score (nSPS) is 22.3. The summed E-state index contributed by atoms with van der Waals surface area (Å²) in [5.74, 6) is 0.443. The minimum absolute atomic E-state index is 0.0297. The summed E-state index contributed by atoms with van der Waals surface area (Å²) in [7, 11) is 0. The summed E-state index contributed by atoms with van der Waals surface area (Å²) in [6.45, 7) is 7.17. The molecule has 1 aliphatic carbocycles. The Balaban J connectivity index is 1.56. The third-order valence-electron chi connectivity index (χ3n) is 7.73. The highest BCUT2D eigenvalue weighted by Crippen LogP contribution is 2.52. The van der Waals surface area contributed by atoms with E-state index in [1.54, 1.807) is 0 Å². The van der Waals surface area contributed by atoms with Gasteiger partial charge in [-0.1, -0.05) is 93.6 Å². The molecule has 3 nitrogen and oxygen atoms in total. The number of fused-ring (bicyclic) bond motifs is 1. The van der Waals surface area contributed by atoms with Crippen LogP contribution in [0.5, 0.6) is 0 Å². The Labute approximate surface area is 202 Å². The molecular weight excluding hydrogens is 418 g/mol. The van der Waals surface area contributed by atoms with Crippen LogP contribution in [0.1, 0.15) is 62.3 Å². The fourth-order valence-corrected chi connectivity index (χ4v) is 5.86. The quantitative estimate of drug-likeness (QED) is 0.451. The molecule has 2 atom stereocenters. The number of carbonyl (C=O) groups excluding carboxylic acids is 2. The van der Waals surface area contributed by atoms with Crippen molar-refractivity contribution in [3.8, 4) is 0 Å². The maximum Gasteiger partial charge on any atom is 0.238 e. The number of benzene rings is 3. The predicted molar refractivity (Wildman–Crippen MR) is 137 cm³/mol. The van der Waals surface area contributed by atoms with Gasteiger partial charge in [0, 0.05) is 18.5 Å². The Morgan fingerprint density at radius 3 is 2.18 bits per heavy atom. The van der Waals surface area contributed by atoms with Crippen molar-refractivity contribution in [3.63, 3.8) is 0 Å². The van der Waals surface area contributed by atoms with Crippen LogP contribution in [-0.4, -0.2) is 11.7 Å². The van der Waals surface area contributed by atoms with Gasteiger partial charge >= 0.3 is 0 Å². The third kappa shape index (κ3) is 3.87. The van der Waals surface area contributed by atoms with Gasteiger partial charge in [-0.15, -0.1) is 0 Å². The van der Waals surface area contributed by atoms with Crippen LogP contribution in [0.2, 0.25) is 0 Å². The van der Waals surface area contributed by atoms with E-state index in [1.807, 2.05) is 35.2 Å². The number of anilines is 1. The number of hydrogen-bond acceptors (Lipinski definition) is 2. The van der Waals surface area contributed by atoms with Crippen molar-refractivity contribution in [2.75, 3.05) is 4.90 Å². The van der Waals surface area contributed by atoms with Crippen molar-refractivity contribution < 1.29 is 9.59 Å². The van der Waals surface area contributed by atoms with Crippen LogP contribution in [0, 0.1) is 5.92 Å². The van der Waals surface area contributed by atoms with Gasteiger partial charge in [-0.2, -0.15) is 0 Å². The highest BCUT2D eigenvalue weighted by Gasteiger charge is 2.56. The van der Waals surface area contributed by atoms with Gasteiger partial charge < -0.3 is 4.90 Å². The summed E-state index contributed by atoms with van der Waals surface area (Å²) >= 11 is 0. The van der Waals surface area contributed by atoms with E-state index in [9.17, 15) is 9.59 Å². The van der Waals surface area contributed by atoms with Crippen LogP contribution in [0.3, 0.4) is 0 Å². The van der Waals surface area contributed by atoms with E-state index in [-0.39, 0.29) is 23.0 Å². The highest BCUT2D eigenvalue weighted by atomic mass is 16.2. The van der Waals surface area contributed by atoms with Crippen LogP contribution in [0.25, 0.3) is 0 Å². The number of Topliss-reactive ketones (excluding diaryl/α,β-unsaturated/α-hetero) is 1. The van der Waals surface area contributed by atoms with Crippen molar-refractivity contribution in [1.82, 2.24) is 0 Å². The predicted octanol–water partition coefficient (Wildman–Crippen LogP) is 6.38. The molecule has 3 heteroatoms. The Bertz CT molecular complexity index is 1210. The fourth-order valence-electron chi connectivity index (χ4n) is 5.86. The molecule has 1 saturated carbocycles. The fraction of sp³-hybridized carbons (Fsp3) is 0.355. The number of para-hydroxylation sites is 1. The van der Waals surface area contributed by atoms with Crippen molar-refractivity contribution in [3.05, 3.63) is 101 Å². The SMILES string of the molecule is CC(C)(C)c1ccc(CN2C(=O)[C@@](Cc3ccccc3)([C@H]3CCC(=O)C3)c3ccccc32)cc1. The van der Waals surface area contributed by atoms with Crippen LogP contribution >= 0.6 is 0 Å². The second-order valence-corrected chi connectivity index (χ2v) is 11.0. The number of carbonyl (C=O) groups is 2. The summed E-state index contributed by atoms with van der Waals surface area (Å²) in [4.78, 5) is 28.8. The lowest BCUT2D eigenvalue weighted by atomic mass is 9.66. The molecule has 3 aromatic carbocycles. The van der Waals surface area contributed by atoms with Crippen molar-refractivity contribution >= 4 is 17.4 Å². The van der Waals surface area contributed by atoms with E-state index in [0.29, 0.717) is 25.8 Å². The Morgan fingerprint density at radius 2 is 1.53 bits per heavy atom. The molecule has 0 unspecified atom stereocenters. The zero-order valence-electron chi connectivity index (χ0n) is 20.4. The lowest BCUT2D eigenvalue weighted by Crippen LogP contribution is -2.46. The van der Waals surface area contributed by atoms with Crippen LogP contribution < -0.4 is 4.90 Å². The Kier molecular flexibility index (Phi) is 5.67. The first-order chi connectivity index (χ1) is 16.3. The smallest absolute Gasteiger partial charge is 0.238 e. The first-order valence-electron chi connectivity index (χ1n) is 12.4. The first kappa shape index (κ1) is 22.6. The average molecular weight is 452 g/mol. The minimum atomic E-state index is -0.699. The zero-order valence-corrected chi connectivity index (χ0v) is 20.4. The van der Waals surface area contributed by atoms with Crippen LogP contribution in [0.4, 0.5) is 5.69 Å². The third-order valence-corrected chi connectivity index (χ3v) is 7.73. The molecule has 0 radical (unpaired) electrons. The van der Waals surface area contributed by atoms with E-state index in [2.05, 4.69) is 69.3 Å². The molecule has 174 valence electrons. The standard InChI is InChI=1S/C31H33NO2/c1-30(2,3)24-15-13-23(14-16-24)21-32-28-12-8-7-11-27(28)31(29(32)34,25-17-18-26(33)19-25)20-22-9-5-4-6-10-22/h4-16,25H,17-21H2,1-3H3/t25-,31-/m0/s1. The van der Waals surface area contributed by atoms with Crippen LogP contribution in [0.15, 0.2) is 78.9 Å². The van der Waals surface area contributed by atoms with Crippen molar-refractivity contribution in [2.45, 2.75) is 63.8 Å². The van der Waals surface area contributed by atoms with E-state index in [1.165, 1.54) is 5.56 Å². The second kappa shape index (κ2) is 8.54. The molecule has 1 heterocycles. The maximum absolute atomic E-state index is 14.4. The molecule has 3 aromatic rings. The number of ketones is 1. The molecule has 0 saturated heterocycles. The Morgan fingerprint density at radius 1 is 0.853 bits per heavy atom. The van der Waals surface area contributed by atoms with E-state index < -0.39 is 5.41 Å². The lowest BCUT2D eigenvalue weighted by molar-refractivity contribution is -0.125. The van der Waals surface area contributed by atoms with Gasteiger partial charge in [0.1, 0.15) is 5.78 Å². The van der Waals surface area contributed by atoms with Crippen molar-refractivity contribution in [2.24, 2.45) is 5.92 Å². The van der Waals surface area contributed by atoms with E-state index in [0.717, 1.165) is 28.8 Å². The molecule has 1 aliphatic heterocycles. The minimum Gasteiger partial charge on any atom is -0.307 e. The molecule has 0 aromatic heterocycles. The second-order valence-electron chi connectivity index (χ2n) is 11.0. The molecular formula is C31H33NO2. The summed E-state index contributed by atoms with van der Waals surface area (Å²) in [5.41, 5.74) is 5.00. The average Bonchev–Trinajstić information content (AvgIpc) is 3.36. The number of amides is 1. The number of rotatable bonds is 5. The molecule has 0 N–H and O–H groups in total. The van der Waals surface area contributed by atoms with Crippen molar-refractivity contribution in [1.29, 1.82) is 0 Å². The Hall–Kier alpha value is -3.20. The van der Waals surface area contributed by atoms with Gasteiger partial charge in [0.15, 0.2) is 0 Å². The molecule has 1 fully saturated rings. The summed E-state index contributed by atoms with van der Waals surface area (Å²) in [6.07, 6.45) is 2.47. The molecule has 34 heavy (non-hydrogen) atoms. The molecule has 1 amide bonds. The van der Waals surface area contributed by atoms with Gasteiger partial charge in [0.2, 0.25) is 5.91 Å². The molecule has 5 rings (SSSR count). The van der Waals surface area contributed by atoms with Gasteiger partial charge in [0.25, 0.3) is 0 Å².